The summed E-state index contributed by atoms with van der Waals surface area (Å²) in [7, 11) is 0. The van der Waals surface area contributed by atoms with Crippen molar-refractivity contribution in [2.45, 2.75) is 26.4 Å². The van der Waals surface area contributed by atoms with Crippen molar-refractivity contribution in [3.63, 3.8) is 0 Å². The first-order valence-corrected chi connectivity index (χ1v) is 6.71. The van der Waals surface area contributed by atoms with Gasteiger partial charge in [-0.05, 0) is 19.1 Å². The summed E-state index contributed by atoms with van der Waals surface area (Å²) >= 11 is 0. The average Bonchev–Trinajstić information content (AvgIpc) is 2.91. The van der Waals surface area contributed by atoms with Gasteiger partial charge in [0, 0.05) is 25.0 Å². The highest BCUT2D eigenvalue weighted by Crippen LogP contribution is 2.17. The number of carboxylic acids is 1. The molecule has 0 aliphatic carbocycles. The number of nitrogens with zero attached hydrogens (tertiary/aromatic N) is 3. The van der Waals surface area contributed by atoms with E-state index in [2.05, 4.69) is 21.4 Å². The Balaban J connectivity index is 2.16. The van der Waals surface area contributed by atoms with Gasteiger partial charge in [-0.2, -0.15) is 0 Å². The molecular weight excluding hydrogens is 254 g/mol. The van der Waals surface area contributed by atoms with Gasteiger partial charge in [-0.3, -0.25) is 4.79 Å². The van der Waals surface area contributed by atoms with Crippen LogP contribution < -0.4 is 4.90 Å². The highest BCUT2D eigenvalue weighted by molar-refractivity contribution is 5.67. The second kappa shape index (κ2) is 6.75. The second-order valence-corrected chi connectivity index (χ2v) is 4.57. The fourth-order valence-electron chi connectivity index (χ4n) is 2.13. The molecule has 20 heavy (non-hydrogen) atoms. The van der Waals surface area contributed by atoms with E-state index in [1.54, 1.807) is 6.33 Å². The number of imidazole rings is 1. The molecule has 1 aromatic carbocycles. The largest absolute Gasteiger partial charge is 0.481 e. The van der Waals surface area contributed by atoms with Crippen LogP contribution in [-0.2, 0) is 17.9 Å². The summed E-state index contributed by atoms with van der Waals surface area (Å²) in [4.78, 5) is 17.0. The molecule has 1 aromatic heterocycles. The summed E-state index contributed by atoms with van der Waals surface area (Å²) < 4.78 is 2.07. The van der Waals surface area contributed by atoms with Crippen molar-refractivity contribution in [2.24, 2.45) is 0 Å². The molecule has 0 radical (unpaired) electrons. The number of aliphatic carboxylic acids is 1. The van der Waals surface area contributed by atoms with Gasteiger partial charge in [0.25, 0.3) is 0 Å². The van der Waals surface area contributed by atoms with Gasteiger partial charge in [0.15, 0.2) is 0 Å². The highest BCUT2D eigenvalue weighted by Gasteiger charge is 2.11. The molecule has 0 fully saturated rings. The van der Waals surface area contributed by atoms with Crippen LogP contribution in [0.5, 0.6) is 0 Å². The number of aryl methyl sites for hydroxylation is 1. The SMILES string of the molecule is CCn1cncc1CN(CCC(=O)O)c1ccccc1. The third-order valence-electron chi connectivity index (χ3n) is 3.21. The van der Waals surface area contributed by atoms with Crippen molar-refractivity contribution < 1.29 is 9.90 Å². The molecule has 5 heteroatoms. The number of hydrogen-bond donors (Lipinski definition) is 1. The predicted molar refractivity (Wildman–Crippen MR) is 77.6 cm³/mol. The van der Waals surface area contributed by atoms with Gasteiger partial charge in [0.05, 0.1) is 25.0 Å². The smallest absolute Gasteiger partial charge is 0.305 e. The van der Waals surface area contributed by atoms with Crippen LogP contribution in [0.15, 0.2) is 42.9 Å². The number of hydrogen-bond acceptors (Lipinski definition) is 3. The van der Waals surface area contributed by atoms with Crippen molar-refractivity contribution in [1.82, 2.24) is 9.55 Å². The zero-order valence-corrected chi connectivity index (χ0v) is 11.6. The Morgan fingerprint density at radius 3 is 2.75 bits per heavy atom. The summed E-state index contributed by atoms with van der Waals surface area (Å²) in [6.07, 6.45) is 3.76. The summed E-state index contributed by atoms with van der Waals surface area (Å²) in [6, 6.07) is 9.86. The summed E-state index contributed by atoms with van der Waals surface area (Å²) in [6.45, 7) is 4.06. The van der Waals surface area contributed by atoms with Crippen molar-refractivity contribution in [1.29, 1.82) is 0 Å². The third kappa shape index (κ3) is 3.60. The molecule has 106 valence electrons. The van der Waals surface area contributed by atoms with Crippen LogP contribution in [0.2, 0.25) is 0 Å². The Morgan fingerprint density at radius 2 is 2.10 bits per heavy atom. The van der Waals surface area contributed by atoms with E-state index in [0.717, 1.165) is 17.9 Å². The van der Waals surface area contributed by atoms with Crippen LogP contribution in [0, 0.1) is 0 Å². The molecule has 2 rings (SSSR count). The van der Waals surface area contributed by atoms with E-state index in [4.69, 9.17) is 5.11 Å². The van der Waals surface area contributed by atoms with Crippen LogP contribution in [0.25, 0.3) is 0 Å². The van der Waals surface area contributed by atoms with Crippen LogP contribution in [-0.4, -0.2) is 27.2 Å². The van der Waals surface area contributed by atoms with Crippen LogP contribution in [0.3, 0.4) is 0 Å². The predicted octanol–water partition coefficient (Wildman–Crippen LogP) is 2.38. The van der Waals surface area contributed by atoms with E-state index < -0.39 is 5.97 Å². The van der Waals surface area contributed by atoms with E-state index in [-0.39, 0.29) is 6.42 Å². The maximum atomic E-state index is 10.8. The lowest BCUT2D eigenvalue weighted by Gasteiger charge is -2.24. The topological polar surface area (TPSA) is 58.4 Å². The fraction of sp³-hybridized carbons (Fsp3) is 0.333. The minimum Gasteiger partial charge on any atom is -0.481 e. The molecule has 0 spiro atoms. The Hall–Kier alpha value is -2.30. The van der Waals surface area contributed by atoms with Gasteiger partial charge in [-0.15, -0.1) is 0 Å². The maximum Gasteiger partial charge on any atom is 0.305 e. The summed E-state index contributed by atoms with van der Waals surface area (Å²) in [5, 5.41) is 8.89. The molecule has 0 unspecified atom stereocenters. The van der Waals surface area contributed by atoms with E-state index in [1.807, 2.05) is 36.5 Å². The quantitative estimate of drug-likeness (QED) is 0.841. The molecule has 5 nitrogen and oxygen atoms in total. The number of rotatable bonds is 7. The standard InChI is InChI=1S/C15H19N3O2/c1-2-17-12-16-10-14(17)11-18(9-8-15(19)20)13-6-4-3-5-7-13/h3-7,10,12H,2,8-9,11H2,1H3,(H,19,20). The molecule has 1 N–H and O–H groups in total. The number of anilines is 1. The van der Waals surface area contributed by atoms with Gasteiger partial charge in [0.1, 0.15) is 0 Å². The monoisotopic (exact) mass is 273 g/mol. The van der Waals surface area contributed by atoms with Crippen molar-refractivity contribution in [3.8, 4) is 0 Å². The Labute approximate surface area is 118 Å². The first-order valence-electron chi connectivity index (χ1n) is 6.71. The maximum absolute atomic E-state index is 10.8. The molecule has 0 aliphatic heterocycles. The van der Waals surface area contributed by atoms with Crippen LogP contribution >= 0.6 is 0 Å². The zero-order valence-electron chi connectivity index (χ0n) is 11.6. The van der Waals surface area contributed by atoms with Gasteiger partial charge in [0.2, 0.25) is 0 Å². The minimum atomic E-state index is -0.782. The summed E-state index contributed by atoms with van der Waals surface area (Å²) in [5.41, 5.74) is 2.11. The van der Waals surface area contributed by atoms with Gasteiger partial charge in [-0.1, -0.05) is 18.2 Å². The average molecular weight is 273 g/mol. The number of benzene rings is 1. The van der Waals surface area contributed by atoms with Crippen molar-refractivity contribution >= 4 is 11.7 Å². The van der Waals surface area contributed by atoms with Gasteiger partial charge < -0.3 is 14.6 Å². The Bertz CT molecular complexity index is 551. The lowest BCUT2D eigenvalue weighted by molar-refractivity contribution is -0.136. The molecule has 1 heterocycles. The first kappa shape index (κ1) is 14.1. The number of aromatic nitrogens is 2. The zero-order chi connectivity index (χ0) is 14.4. The van der Waals surface area contributed by atoms with E-state index in [0.29, 0.717) is 13.1 Å². The number of carbonyl (C=O) groups is 1. The lowest BCUT2D eigenvalue weighted by Crippen LogP contribution is -2.26. The lowest BCUT2D eigenvalue weighted by atomic mass is 10.2. The number of para-hydroxylation sites is 1. The van der Waals surface area contributed by atoms with Crippen LogP contribution in [0.1, 0.15) is 19.0 Å². The molecule has 0 atom stereocenters. The van der Waals surface area contributed by atoms with Crippen LogP contribution in [0.4, 0.5) is 5.69 Å². The normalized spacial score (nSPS) is 10.4. The molecule has 0 amide bonds. The van der Waals surface area contributed by atoms with Crippen molar-refractivity contribution in [3.05, 3.63) is 48.5 Å². The molecular formula is C15H19N3O2. The fourth-order valence-corrected chi connectivity index (χ4v) is 2.13. The molecule has 0 bridgehead atoms. The molecule has 0 saturated heterocycles. The second-order valence-electron chi connectivity index (χ2n) is 4.57. The number of carboxylic acid groups (broad SMARTS) is 1. The van der Waals surface area contributed by atoms with Gasteiger partial charge in [-0.25, -0.2) is 4.98 Å². The van der Waals surface area contributed by atoms with Gasteiger partial charge >= 0.3 is 5.97 Å². The Morgan fingerprint density at radius 1 is 1.35 bits per heavy atom. The first-order chi connectivity index (χ1) is 9.70. The van der Waals surface area contributed by atoms with Crippen molar-refractivity contribution in [2.75, 3.05) is 11.4 Å². The molecule has 2 aromatic rings. The van der Waals surface area contributed by atoms with E-state index in [1.165, 1.54) is 0 Å². The van der Waals surface area contributed by atoms with E-state index in [9.17, 15) is 4.79 Å². The highest BCUT2D eigenvalue weighted by atomic mass is 16.4. The minimum absolute atomic E-state index is 0.120. The Kier molecular flexibility index (Phi) is 4.76. The molecule has 0 aliphatic rings. The summed E-state index contributed by atoms with van der Waals surface area (Å²) in [5.74, 6) is -0.782. The van der Waals surface area contributed by atoms with E-state index >= 15 is 0 Å². The molecule has 0 saturated carbocycles. The third-order valence-corrected chi connectivity index (χ3v) is 3.21.